The van der Waals surface area contributed by atoms with E-state index in [2.05, 4.69) is 20.2 Å². The van der Waals surface area contributed by atoms with Crippen LogP contribution in [0.4, 0.5) is 36.3 Å². The lowest BCUT2D eigenvalue weighted by Gasteiger charge is -2.33. The van der Waals surface area contributed by atoms with Gasteiger partial charge < -0.3 is 21.7 Å². The summed E-state index contributed by atoms with van der Waals surface area (Å²) in [5.41, 5.74) is 12.8. The zero-order valence-corrected chi connectivity index (χ0v) is 15.4. The molecule has 1 aromatic carbocycles. The van der Waals surface area contributed by atoms with Crippen LogP contribution in [0.1, 0.15) is 36.1 Å². The van der Waals surface area contributed by atoms with Gasteiger partial charge in [-0.3, -0.25) is 0 Å². The Bertz CT molecular complexity index is 883. The third kappa shape index (κ3) is 3.71. The number of fused-ring (bicyclic) bond motifs is 1. The van der Waals surface area contributed by atoms with Crippen molar-refractivity contribution in [2.24, 2.45) is 5.73 Å². The van der Waals surface area contributed by atoms with Crippen LogP contribution in [0.5, 0.6) is 0 Å². The Hall–Kier alpha value is -2.55. The molecule has 4 rings (SSSR count). The maximum Gasteiger partial charge on any atom is 0.418 e. The predicted molar refractivity (Wildman–Crippen MR) is 103 cm³/mol. The number of rotatable bonds is 3. The molecule has 0 bridgehead atoms. The van der Waals surface area contributed by atoms with Crippen LogP contribution in [0.3, 0.4) is 0 Å². The summed E-state index contributed by atoms with van der Waals surface area (Å²) in [6, 6.07) is 3.83. The standard InChI is InChI=1S/C19H23F3N6/c20-19(21,22)14-9-12(6-7-15(14)24)25-18-26-16-5-1-4-13(16)17(27-18)28-8-2-3-11(23)10-28/h6-7,9,11H,1-5,8,10,23-24H2,(H,25,26,27). The number of benzene rings is 1. The third-order valence-corrected chi connectivity index (χ3v) is 5.28. The van der Waals surface area contributed by atoms with E-state index in [-0.39, 0.29) is 17.4 Å². The summed E-state index contributed by atoms with van der Waals surface area (Å²) < 4.78 is 39.4. The van der Waals surface area contributed by atoms with E-state index in [0.717, 1.165) is 68.3 Å². The first kappa shape index (κ1) is 18.8. The summed E-state index contributed by atoms with van der Waals surface area (Å²) in [4.78, 5) is 11.4. The maximum absolute atomic E-state index is 13.1. The van der Waals surface area contributed by atoms with E-state index in [9.17, 15) is 13.2 Å². The number of nitrogens with one attached hydrogen (secondary N) is 1. The van der Waals surface area contributed by atoms with Crippen molar-refractivity contribution in [2.75, 3.05) is 29.0 Å². The molecule has 2 heterocycles. The summed E-state index contributed by atoms with van der Waals surface area (Å²) in [6.45, 7) is 1.60. The lowest BCUT2D eigenvalue weighted by molar-refractivity contribution is -0.136. The summed E-state index contributed by atoms with van der Waals surface area (Å²) in [7, 11) is 0. The molecule has 1 fully saturated rings. The van der Waals surface area contributed by atoms with Gasteiger partial charge in [0.25, 0.3) is 0 Å². The molecular formula is C19H23F3N6. The number of hydrogen-bond acceptors (Lipinski definition) is 6. The van der Waals surface area contributed by atoms with Crippen molar-refractivity contribution < 1.29 is 13.2 Å². The molecule has 0 radical (unpaired) electrons. The van der Waals surface area contributed by atoms with E-state index in [1.807, 2.05) is 0 Å². The minimum atomic E-state index is -4.52. The van der Waals surface area contributed by atoms with Crippen LogP contribution in [0, 0.1) is 0 Å². The predicted octanol–water partition coefficient (Wildman–Crippen LogP) is 3.24. The number of halogens is 3. The molecule has 0 spiro atoms. The largest absolute Gasteiger partial charge is 0.418 e. The maximum atomic E-state index is 13.1. The third-order valence-electron chi connectivity index (χ3n) is 5.28. The van der Waals surface area contributed by atoms with Crippen molar-refractivity contribution in [1.29, 1.82) is 0 Å². The van der Waals surface area contributed by atoms with Crippen molar-refractivity contribution in [3.8, 4) is 0 Å². The van der Waals surface area contributed by atoms with Crippen LogP contribution >= 0.6 is 0 Å². The average Bonchev–Trinajstić information content (AvgIpc) is 3.10. The number of aromatic nitrogens is 2. The fourth-order valence-electron chi connectivity index (χ4n) is 3.94. The molecule has 1 atom stereocenters. The van der Waals surface area contributed by atoms with Gasteiger partial charge in [-0.1, -0.05) is 0 Å². The van der Waals surface area contributed by atoms with Crippen LogP contribution in [0.2, 0.25) is 0 Å². The second kappa shape index (κ2) is 7.12. The fourth-order valence-corrected chi connectivity index (χ4v) is 3.94. The Kier molecular flexibility index (Phi) is 4.78. The van der Waals surface area contributed by atoms with Crippen LogP contribution in [-0.2, 0) is 19.0 Å². The zero-order chi connectivity index (χ0) is 19.9. The molecule has 5 N–H and O–H groups in total. The number of aryl methyl sites for hydroxylation is 1. The lowest BCUT2D eigenvalue weighted by Crippen LogP contribution is -2.43. The topological polar surface area (TPSA) is 93.1 Å². The summed E-state index contributed by atoms with van der Waals surface area (Å²) in [6.07, 6.45) is 0.220. The lowest BCUT2D eigenvalue weighted by atomic mass is 10.1. The number of alkyl halides is 3. The van der Waals surface area contributed by atoms with E-state index < -0.39 is 11.7 Å². The Morgan fingerprint density at radius 2 is 1.96 bits per heavy atom. The summed E-state index contributed by atoms with van der Waals surface area (Å²) >= 11 is 0. The molecule has 28 heavy (non-hydrogen) atoms. The van der Waals surface area contributed by atoms with E-state index in [1.165, 1.54) is 12.1 Å². The molecule has 1 aromatic heterocycles. The molecule has 1 unspecified atom stereocenters. The van der Waals surface area contributed by atoms with Crippen LogP contribution in [0.15, 0.2) is 18.2 Å². The van der Waals surface area contributed by atoms with Crippen LogP contribution < -0.4 is 21.7 Å². The SMILES string of the molecule is Nc1ccc(Nc2nc3c(c(N4CCCC(N)C4)n2)CCC3)cc1C(F)(F)F. The first-order valence-electron chi connectivity index (χ1n) is 9.45. The molecule has 6 nitrogen and oxygen atoms in total. The molecular weight excluding hydrogens is 369 g/mol. The van der Waals surface area contributed by atoms with Gasteiger partial charge in [-0.15, -0.1) is 0 Å². The van der Waals surface area contributed by atoms with Crippen molar-refractivity contribution in [2.45, 2.75) is 44.3 Å². The highest BCUT2D eigenvalue weighted by atomic mass is 19.4. The Morgan fingerprint density at radius 3 is 2.71 bits per heavy atom. The normalized spacial score (nSPS) is 19.6. The van der Waals surface area contributed by atoms with Crippen molar-refractivity contribution in [1.82, 2.24) is 9.97 Å². The highest BCUT2D eigenvalue weighted by molar-refractivity contribution is 5.64. The molecule has 1 aliphatic heterocycles. The van der Waals surface area contributed by atoms with Gasteiger partial charge in [-0.2, -0.15) is 18.2 Å². The van der Waals surface area contributed by atoms with Gasteiger partial charge in [0.15, 0.2) is 0 Å². The second-order valence-electron chi connectivity index (χ2n) is 7.42. The number of nitrogens with two attached hydrogens (primary N) is 2. The quantitative estimate of drug-likeness (QED) is 0.695. The summed E-state index contributed by atoms with van der Waals surface area (Å²) in [5, 5.41) is 2.93. The van der Waals surface area contributed by atoms with Gasteiger partial charge in [0.05, 0.1) is 11.3 Å². The monoisotopic (exact) mass is 392 g/mol. The molecule has 1 aliphatic carbocycles. The van der Waals surface area contributed by atoms with Crippen molar-refractivity contribution in [3.05, 3.63) is 35.0 Å². The Morgan fingerprint density at radius 1 is 1.14 bits per heavy atom. The highest BCUT2D eigenvalue weighted by Crippen LogP contribution is 2.36. The molecule has 2 aromatic rings. The summed E-state index contributed by atoms with van der Waals surface area (Å²) in [5.74, 6) is 1.15. The zero-order valence-electron chi connectivity index (χ0n) is 15.4. The number of nitrogen functional groups attached to an aromatic ring is 1. The van der Waals surface area contributed by atoms with Gasteiger partial charge in [0, 0.05) is 36.1 Å². The van der Waals surface area contributed by atoms with E-state index >= 15 is 0 Å². The Labute approximate surface area is 161 Å². The first-order valence-corrected chi connectivity index (χ1v) is 9.45. The molecule has 0 saturated carbocycles. The molecule has 150 valence electrons. The van der Waals surface area contributed by atoms with Gasteiger partial charge >= 0.3 is 6.18 Å². The van der Waals surface area contributed by atoms with Gasteiger partial charge in [0.2, 0.25) is 5.95 Å². The molecule has 9 heteroatoms. The minimum Gasteiger partial charge on any atom is -0.398 e. The molecule has 2 aliphatic rings. The van der Waals surface area contributed by atoms with E-state index in [4.69, 9.17) is 11.5 Å². The van der Waals surface area contributed by atoms with Crippen LogP contribution in [0.25, 0.3) is 0 Å². The molecule has 1 saturated heterocycles. The molecule has 0 amide bonds. The van der Waals surface area contributed by atoms with Crippen LogP contribution in [-0.4, -0.2) is 29.1 Å². The highest BCUT2D eigenvalue weighted by Gasteiger charge is 2.33. The fraction of sp³-hybridized carbons (Fsp3) is 0.474. The first-order chi connectivity index (χ1) is 13.3. The van der Waals surface area contributed by atoms with Gasteiger partial charge in [-0.05, 0) is 50.3 Å². The van der Waals surface area contributed by atoms with Gasteiger partial charge in [0.1, 0.15) is 5.82 Å². The minimum absolute atomic E-state index is 0.101. The number of anilines is 4. The van der Waals surface area contributed by atoms with E-state index in [0.29, 0.717) is 5.95 Å². The number of piperidine rings is 1. The number of hydrogen-bond donors (Lipinski definition) is 3. The second-order valence-corrected chi connectivity index (χ2v) is 7.42. The van der Waals surface area contributed by atoms with Gasteiger partial charge in [-0.25, -0.2) is 4.98 Å². The smallest absolute Gasteiger partial charge is 0.398 e. The van der Waals surface area contributed by atoms with Crippen molar-refractivity contribution in [3.63, 3.8) is 0 Å². The number of nitrogens with zero attached hydrogens (tertiary/aromatic N) is 3. The van der Waals surface area contributed by atoms with E-state index in [1.54, 1.807) is 0 Å². The Balaban J connectivity index is 1.67. The van der Waals surface area contributed by atoms with Crippen molar-refractivity contribution >= 4 is 23.1 Å². The average molecular weight is 392 g/mol.